The number of nitrogens with one attached hydrogen (secondary N) is 1. The molecule has 0 heterocycles. The van der Waals surface area contributed by atoms with Crippen LogP contribution in [0, 0.1) is 5.92 Å². The zero-order valence-corrected chi connectivity index (χ0v) is 8.24. The minimum atomic E-state index is -0.225. The van der Waals surface area contributed by atoms with Crippen molar-refractivity contribution < 1.29 is 10.0 Å². The molecular formula is C8H17N3O2. The first-order chi connectivity index (χ1) is 5.97. The van der Waals surface area contributed by atoms with Gasteiger partial charge in [-0.2, -0.15) is 0 Å². The molecular weight excluding hydrogens is 170 g/mol. The molecule has 0 spiro atoms. The lowest BCUT2D eigenvalue weighted by atomic mass is 10.1. The molecule has 1 unspecified atom stereocenters. The average molecular weight is 187 g/mol. The zero-order chi connectivity index (χ0) is 10.4. The molecule has 76 valence electrons. The van der Waals surface area contributed by atoms with Crippen LogP contribution in [0.4, 0.5) is 0 Å². The highest BCUT2D eigenvalue weighted by atomic mass is 16.4. The number of hydrogen-bond donors (Lipinski definition) is 3. The second-order valence-corrected chi connectivity index (χ2v) is 3.37. The number of hydrogen-bond acceptors (Lipinski definition) is 3. The minimum Gasteiger partial charge on any atom is -0.409 e. The first-order valence-corrected chi connectivity index (χ1v) is 4.23. The standard InChI is InChI=1S/C8H17N3O2/c1-5(2)6(3)10-8(12)4-7(9)11-13/h5-6,13H,4H2,1-3H3,(H2,9,11)(H,10,12). The highest BCUT2D eigenvalue weighted by molar-refractivity contribution is 5.98. The van der Waals surface area contributed by atoms with Crippen LogP contribution < -0.4 is 11.1 Å². The van der Waals surface area contributed by atoms with Gasteiger partial charge in [0.1, 0.15) is 5.84 Å². The number of oxime groups is 1. The maximum absolute atomic E-state index is 11.1. The van der Waals surface area contributed by atoms with Crippen molar-refractivity contribution in [2.24, 2.45) is 16.8 Å². The third-order valence-corrected chi connectivity index (χ3v) is 1.86. The minimum absolute atomic E-state index is 0.0619. The molecule has 0 bridgehead atoms. The van der Waals surface area contributed by atoms with E-state index in [9.17, 15) is 4.79 Å². The third kappa shape index (κ3) is 5.05. The van der Waals surface area contributed by atoms with Crippen LogP contribution in [0.1, 0.15) is 27.2 Å². The van der Waals surface area contributed by atoms with Gasteiger partial charge in [-0.05, 0) is 12.8 Å². The quantitative estimate of drug-likeness (QED) is 0.256. The molecule has 1 atom stereocenters. The Balaban J connectivity index is 3.88. The molecule has 0 saturated carbocycles. The zero-order valence-electron chi connectivity index (χ0n) is 8.24. The summed E-state index contributed by atoms with van der Waals surface area (Å²) in [6, 6.07) is 0.0963. The lowest BCUT2D eigenvalue weighted by Gasteiger charge is -2.16. The van der Waals surface area contributed by atoms with Crippen LogP contribution in [-0.2, 0) is 4.79 Å². The summed E-state index contributed by atoms with van der Waals surface area (Å²) < 4.78 is 0. The molecule has 0 aromatic carbocycles. The number of nitrogens with two attached hydrogens (primary N) is 1. The van der Waals surface area contributed by atoms with Gasteiger partial charge in [-0.15, -0.1) is 0 Å². The second-order valence-electron chi connectivity index (χ2n) is 3.37. The van der Waals surface area contributed by atoms with Crippen molar-refractivity contribution in [1.82, 2.24) is 5.32 Å². The number of carbonyl (C=O) groups excluding carboxylic acids is 1. The summed E-state index contributed by atoms with van der Waals surface area (Å²) in [5, 5.41) is 13.7. The molecule has 1 amide bonds. The van der Waals surface area contributed by atoms with Gasteiger partial charge < -0.3 is 16.3 Å². The number of rotatable bonds is 4. The Kier molecular flexibility index (Phi) is 4.87. The Morgan fingerprint density at radius 2 is 2.08 bits per heavy atom. The molecule has 0 saturated heterocycles. The fourth-order valence-electron chi connectivity index (χ4n) is 0.671. The van der Waals surface area contributed by atoms with Crippen LogP contribution in [0.3, 0.4) is 0 Å². The van der Waals surface area contributed by atoms with E-state index in [1.807, 2.05) is 20.8 Å². The fraction of sp³-hybridized carbons (Fsp3) is 0.750. The van der Waals surface area contributed by atoms with Gasteiger partial charge in [0.05, 0.1) is 6.42 Å². The lowest BCUT2D eigenvalue weighted by molar-refractivity contribution is -0.120. The molecule has 4 N–H and O–H groups in total. The predicted molar refractivity (Wildman–Crippen MR) is 50.5 cm³/mol. The number of nitrogens with zero attached hydrogens (tertiary/aromatic N) is 1. The van der Waals surface area contributed by atoms with E-state index in [2.05, 4.69) is 10.5 Å². The van der Waals surface area contributed by atoms with Crippen molar-refractivity contribution in [3.8, 4) is 0 Å². The van der Waals surface area contributed by atoms with Crippen molar-refractivity contribution in [2.45, 2.75) is 33.2 Å². The summed E-state index contributed by atoms with van der Waals surface area (Å²) >= 11 is 0. The SMILES string of the molecule is CC(C)C(C)NC(=O)C/C(N)=N/O. The van der Waals surface area contributed by atoms with Crippen LogP contribution >= 0.6 is 0 Å². The van der Waals surface area contributed by atoms with Crippen LogP contribution in [0.5, 0.6) is 0 Å². The Labute approximate surface area is 78.0 Å². The molecule has 0 radical (unpaired) electrons. The van der Waals surface area contributed by atoms with Gasteiger partial charge in [-0.1, -0.05) is 19.0 Å². The highest BCUT2D eigenvalue weighted by Crippen LogP contribution is 1.99. The Morgan fingerprint density at radius 1 is 1.54 bits per heavy atom. The number of amides is 1. The normalized spacial score (nSPS) is 14.3. The van der Waals surface area contributed by atoms with Gasteiger partial charge >= 0.3 is 0 Å². The summed E-state index contributed by atoms with van der Waals surface area (Å²) in [6.07, 6.45) is -0.0619. The molecule has 0 aliphatic heterocycles. The van der Waals surface area contributed by atoms with Crippen LogP contribution in [0.2, 0.25) is 0 Å². The van der Waals surface area contributed by atoms with E-state index in [0.717, 1.165) is 0 Å². The van der Waals surface area contributed by atoms with Gasteiger partial charge in [-0.3, -0.25) is 4.79 Å². The topological polar surface area (TPSA) is 87.7 Å². The maximum Gasteiger partial charge on any atom is 0.227 e. The van der Waals surface area contributed by atoms with E-state index >= 15 is 0 Å². The Hall–Kier alpha value is -1.26. The van der Waals surface area contributed by atoms with Gasteiger partial charge in [0.25, 0.3) is 0 Å². The Bertz CT molecular complexity index is 202. The molecule has 0 aliphatic rings. The van der Waals surface area contributed by atoms with Crippen LogP contribution in [0.25, 0.3) is 0 Å². The summed E-state index contributed by atoms with van der Waals surface area (Å²) in [5.74, 6) is 0.0706. The van der Waals surface area contributed by atoms with E-state index in [-0.39, 0.29) is 24.2 Å². The van der Waals surface area contributed by atoms with E-state index in [0.29, 0.717) is 5.92 Å². The van der Waals surface area contributed by atoms with Crippen molar-refractivity contribution in [2.75, 3.05) is 0 Å². The van der Waals surface area contributed by atoms with Crippen molar-refractivity contribution in [1.29, 1.82) is 0 Å². The van der Waals surface area contributed by atoms with Gasteiger partial charge in [0.15, 0.2) is 0 Å². The van der Waals surface area contributed by atoms with Crippen LogP contribution in [-0.4, -0.2) is 23.0 Å². The third-order valence-electron chi connectivity index (χ3n) is 1.86. The second kappa shape index (κ2) is 5.40. The van der Waals surface area contributed by atoms with Gasteiger partial charge in [0, 0.05) is 6.04 Å². The van der Waals surface area contributed by atoms with Crippen molar-refractivity contribution >= 4 is 11.7 Å². The van der Waals surface area contributed by atoms with Gasteiger partial charge in [0.2, 0.25) is 5.91 Å². The van der Waals surface area contributed by atoms with E-state index in [1.54, 1.807) is 0 Å². The lowest BCUT2D eigenvalue weighted by Crippen LogP contribution is -2.38. The first-order valence-electron chi connectivity index (χ1n) is 4.23. The predicted octanol–water partition coefficient (Wildman–Crippen LogP) is 0.284. The summed E-state index contributed by atoms with van der Waals surface area (Å²) in [6.45, 7) is 5.93. The fourth-order valence-corrected chi connectivity index (χ4v) is 0.671. The monoisotopic (exact) mass is 187 g/mol. The van der Waals surface area contributed by atoms with Crippen molar-refractivity contribution in [3.05, 3.63) is 0 Å². The largest absolute Gasteiger partial charge is 0.409 e. The number of amidine groups is 1. The molecule has 0 aliphatic carbocycles. The first kappa shape index (κ1) is 11.7. The maximum atomic E-state index is 11.1. The summed E-state index contributed by atoms with van der Waals surface area (Å²) in [4.78, 5) is 11.1. The number of carbonyl (C=O) groups is 1. The molecule has 13 heavy (non-hydrogen) atoms. The molecule has 0 rings (SSSR count). The summed E-state index contributed by atoms with van der Waals surface area (Å²) in [5.41, 5.74) is 5.16. The van der Waals surface area contributed by atoms with Crippen molar-refractivity contribution in [3.63, 3.8) is 0 Å². The summed E-state index contributed by atoms with van der Waals surface area (Å²) in [7, 11) is 0. The molecule has 0 fully saturated rings. The Morgan fingerprint density at radius 3 is 2.46 bits per heavy atom. The van der Waals surface area contributed by atoms with Gasteiger partial charge in [-0.25, -0.2) is 0 Å². The van der Waals surface area contributed by atoms with E-state index in [4.69, 9.17) is 10.9 Å². The molecule has 0 aromatic heterocycles. The van der Waals surface area contributed by atoms with E-state index in [1.165, 1.54) is 0 Å². The highest BCUT2D eigenvalue weighted by Gasteiger charge is 2.11. The van der Waals surface area contributed by atoms with Crippen LogP contribution in [0.15, 0.2) is 5.16 Å². The molecule has 0 aromatic rings. The van der Waals surface area contributed by atoms with E-state index < -0.39 is 0 Å². The smallest absolute Gasteiger partial charge is 0.227 e. The average Bonchev–Trinajstić information content (AvgIpc) is 2.03. The molecule has 5 heteroatoms. The molecule has 5 nitrogen and oxygen atoms in total.